The second-order valence-electron chi connectivity index (χ2n) is 6.17. The van der Waals surface area contributed by atoms with Crippen molar-refractivity contribution in [1.82, 2.24) is 0 Å². The van der Waals surface area contributed by atoms with E-state index < -0.39 is 13.3 Å². The molecule has 0 heterocycles. The molecule has 1 atom stereocenters. The van der Waals surface area contributed by atoms with Crippen molar-refractivity contribution in [2.24, 2.45) is 0 Å². The lowest BCUT2D eigenvalue weighted by molar-refractivity contribution is 0.103. The molecule has 0 aliphatic rings. The Morgan fingerprint density at radius 2 is 1.43 bits per heavy atom. The molecular weight excluding hydrogens is 446 g/mol. The fraction of sp³-hybridized carbons (Fsp3) is 0.0909. The molecule has 3 rings (SSSR count). The van der Waals surface area contributed by atoms with E-state index in [1.807, 2.05) is 0 Å². The molecular formula is C22H17Cl2O5P. The number of carbonyl (C=O) groups excluding carboxylic acids is 2. The monoisotopic (exact) mass is 462 g/mol. The Hall–Kier alpha value is -2.59. The number of carbonyl (C=O) groups is 2. The van der Waals surface area contributed by atoms with E-state index >= 15 is 0 Å². The van der Waals surface area contributed by atoms with Crippen LogP contribution in [0.2, 0.25) is 10.0 Å². The van der Waals surface area contributed by atoms with E-state index in [-0.39, 0.29) is 43.8 Å². The molecule has 3 aromatic rings. The largest absolute Gasteiger partial charge is 0.496 e. The molecule has 0 saturated carbocycles. The summed E-state index contributed by atoms with van der Waals surface area (Å²) in [5, 5.41) is -0.138. The number of halogens is 2. The molecule has 0 bridgehead atoms. The van der Waals surface area contributed by atoms with Gasteiger partial charge in [-0.15, -0.1) is 0 Å². The van der Waals surface area contributed by atoms with Crippen molar-refractivity contribution in [2.45, 2.75) is 0 Å². The van der Waals surface area contributed by atoms with Crippen molar-refractivity contribution in [2.75, 3.05) is 14.2 Å². The zero-order valence-electron chi connectivity index (χ0n) is 16.1. The highest BCUT2D eigenvalue weighted by atomic mass is 35.5. The minimum Gasteiger partial charge on any atom is -0.496 e. The highest BCUT2D eigenvalue weighted by Crippen LogP contribution is 2.40. The Labute approximate surface area is 184 Å². The highest BCUT2D eigenvalue weighted by molar-refractivity contribution is 7.72. The summed E-state index contributed by atoms with van der Waals surface area (Å²) in [6, 6.07) is 16.1. The molecule has 5 nitrogen and oxygen atoms in total. The Morgan fingerprint density at radius 3 is 2.00 bits per heavy atom. The normalized spacial score (nSPS) is 11.6. The van der Waals surface area contributed by atoms with Crippen LogP contribution in [-0.2, 0) is 4.57 Å². The SMILES string of the molecule is COc1cccc(OC)c1C(=O)[PH](=O)c1c(Cl)ccc(C(=O)c2ccccc2)c1Cl. The molecule has 0 radical (unpaired) electrons. The second kappa shape index (κ2) is 9.48. The van der Waals surface area contributed by atoms with E-state index in [4.69, 9.17) is 32.7 Å². The van der Waals surface area contributed by atoms with Crippen molar-refractivity contribution in [3.8, 4) is 11.5 Å². The standard InChI is InChI=1S/C22H17Cl2O5P/c1-28-16-9-6-10-17(29-2)18(16)22(26)30(27)21-15(23)12-11-14(19(21)24)20(25)13-7-4-3-5-8-13/h3-12,30H,1-2H3. The van der Waals surface area contributed by atoms with E-state index in [1.165, 1.54) is 26.4 Å². The molecule has 0 fully saturated rings. The predicted molar refractivity (Wildman–Crippen MR) is 119 cm³/mol. The average molecular weight is 463 g/mol. The third-order valence-electron chi connectivity index (χ3n) is 4.46. The minimum absolute atomic E-state index is 0.0262. The van der Waals surface area contributed by atoms with Gasteiger partial charge in [-0.25, -0.2) is 0 Å². The van der Waals surface area contributed by atoms with Crippen molar-refractivity contribution in [1.29, 1.82) is 0 Å². The first-order valence-corrected chi connectivity index (χ1v) is 10.9. The first-order chi connectivity index (χ1) is 14.4. The number of ether oxygens (including phenoxy) is 2. The van der Waals surface area contributed by atoms with Crippen LogP contribution in [0.25, 0.3) is 0 Å². The molecule has 1 unspecified atom stereocenters. The maximum absolute atomic E-state index is 13.3. The summed E-state index contributed by atoms with van der Waals surface area (Å²) in [6.45, 7) is 0. The van der Waals surface area contributed by atoms with Gasteiger partial charge in [0.2, 0.25) is 5.52 Å². The summed E-state index contributed by atoms with van der Waals surface area (Å²) in [5.74, 6) is 0.0542. The van der Waals surface area contributed by atoms with Crippen LogP contribution in [0.4, 0.5) is 0 Å². The van der Waals surface area contributed by atoms with Crippen LogP contribution in [0, 0.1) is 0 Å². The van der Waals surface area contributed by atoms with Gasteiger partial charge in [0.05, 0.1) is 29.6 Å². The van der Waals surface area contributed by atoms with Crippen LogP contribution in [0.15, 0.2) is 60.7 Å². The third kappa shape index (κ3) is 4.15. The van der Waals surface area contributed by atoms with Gasteiger partial charge in [0.25, 0.3) is 0 Å². The van der Waals surface area contributed by atoms with E-state index in [1.54, 1.807) is 48.5 Å². The van der Waals surface area contributed by atoms with Gasteiger partial charge in [-0.05, 0) is 24.3 Å². The number of rotatable bonds is 7. The number of methoxy groups -OCH3 is 2. The lowest BCUT2D eigenvalue weighted by Gasteiger charge is -2.14. The van der Waals surface area contributed by atoms with Crippen LogP contribution in [0.1, 0.15) is 26.3 Å². The van der Waals surface area contributed by atoms with Gasteiger partial charge >= 0.3 is 0 Å². The van der Waals surface area contributed by atoms with Crippen molar-refractivity contribution < 1.29 is 23.6 Å². The lowest BCUT2D eigenvalue weighted by Crippen LogP contribution is -2.13. The van der Waals surface area contributed by atoms with E-state index in [9.17, 15) is 14.2 Å². The molecule has 154 valence electrons. The van der Waals surface area contributed by atoms with Crippen molar-refractivity contribution >= 4 is 47.6 Å². The summed E-state index contributed by atoms with van der Waals surface area (Å²) >= 11 is 12.7. The van der Waals surface area contributed by atoms with Gasteiger partial charge in [0.1, 0.15) is 17.1 Å². The fourth-order valence-electron chi connectivity index (χ4n) is 2.98. The van der Waals surface area contributed by atoms with Crippen LogP contribution in [0.5, 0.6) is 11.5 Å². The van der Waals surface area contributed by atoms with Gasteiger partial charge in [0.15, 0.2) is 13.6 Å². The number of hydrogen-bond acceptors (Lipinski definition) is 5. The molecule has 0 aromatic heterocycles. The van der Waals surface area contributed by atoms with Gasteiger partial charge in [-0.2, -0.15) is 0 Å². The number of ketones is 1. The van der Waals surface area contributed by atoms with Gasteiger partial charge < -0.3 is 14.0 Å². The molecule has 30 heavy (non-hydrogen) atoms. The average Bonchev–Trinajstić information content (AvgIpc) is 2.78. The quantitative estimate of drug-likeness (QED) is 0.353. The van der Waals surface area contributed by atoms with Gasteiger partial charge in [-0.1, -0.05) is 59.6 Å². The van der Waals surface area contributed by atoms with E-state index in [0.717, 1.165) is 0 Å². The van der Waals surface area contributed by atoms with Gasteiger partial charge in [0, 0.05) is 11.1 Å². The fourth-order valence-corrected chi connectivity index (χ4v) is 5.29. The molecule has 0 saturated heterocycles. The summed E-state index contributed by atoms with van der Waals surface area (Å²) in [6.07, 6.45) is 0. The Morgan fingerprint density at radius 1 is 0.833 bits per heavy atom. The minimum atomic E-state index is -3.22. The van der Waals surface area contributed by atoms with Crippen LogP contribution < -0.4 is 14.8 Å². The van der Waals surface area contributed by atoms with Crippen molar-refractivity contribution in [3.63, 3.8) is 0 Å². The first-order valence-electron chi connectivity index (χ1n) is 8.78. The summed E-state index contributed by atoms with van der Waals surface area (Å²) < 4.78 is 23.7. The summed E-state index contributed by atoms with van der Waals surface area (Å²) in [7, 11) is -0.441. The lowest BCUT2D eigenvalue weighted by atomic mass is 10.0. The van der Waals surface area contributed by atoms with Gasteiger partial charge in [-0.3, -0.25) is 9.59 Å². The molecule has 0 N–H and O–H groups in total. The van der Waals surface area contributed by atoms with Crippen LogP contribution in [-0.4, -0.2) is 25.5 Å². The molecule has 0 spiro atoms. The van der Waals surface area contributed by atoms with E-state index in [0.29, 0.717) is 5.56 Å². The highest BCUT2D eigenvalue weighted by Gasteiger charge is 2.29. The zero-order chi connectivity index (χ0) is 21.8. The number of hydrogen-bond donors (Lipinski definition) is 0. The molecule has 0 amide bonds. The Bertz CT molecular complexity index is 1120. The molecule has 3 aromatic carbocycles. The molecule has 0 aliphatic heterocycles. The Balaban J connectivity index is 2.10. The smallest absolute Gasteiger partial charge is 0.230 e. The molecule has 8 heteroatoms. The van der Waals surface area contributed by atoms with Crippen molar-refractivity contribution in [3.05, 3.63) is 87.4 Å². The maximum atomic E-state index is 13.3. The summed E-state index contributed by atoms with van der Waals surface area (Å²) in [4.78, 5) is 26.0. The third-order valence-corrected chi connectivity index (χ3v) is 7.12. The Kier molecular flexibility index (Phi) is 6.99. The zero-order valence-corrected chi connectivity index (χ0v) is 18.6. The van der Waals surface area contributed by atoms with E-state index in [2.05, 4.69) is 0 Å². The molecule has 0 aliphatic carbocycles. The first kappa shape index (κ1) is 22.1. The number of benzene rings is 3. The second-order valence-corrected chi connectivity index (χ2v) is 8.57. The summed E-state index contributed by atoms with van der Waals surface area (Å²) in [5.41, 5.74) is -0.189. The topological polar surface area (TPSA) is 69.7 Å². The maximum Gasteiger partial charge on any atom is 0.230 e. The van der Waals surface area contributed by atoms with Crippen LogP contribution >= 0.6 is 31.0 Å². The predicted octanol–water partition coefficient (Wildman–Crippen LogP) is 5.27. The van der Waals surface area contributed by atoms with Crippen LogP contribution in [0.3, 0.4) is 0 Å².